The summed E-state index contributed by atoms with van der Waals surface area (Å²) in [6.45, 7) is 1.97. The summed E-state index contributed by atoms with van der Waals surface area (Å²) in [5.74, 6) is -0.0692. The number of hydrazone groups is 1. The molecule has 1 unspecified atom stereocenters. The molecule has 1 aliphatic heterocycles. The van der Waals surface area contributed by atoms with Gasteiger partial charge in [0.05, 0.1) is 22.8 Å². The van der Waals surface area contributed by atoms with E-state index in [-0.39, 0.29) is 17.5 Å². The summed E-state index contributed by atoms with van der Waals surface area (Å²) in [5, 5.41) is 13.2. The van der Waals surface area contributed by atoms with Crippen molar-refractivity contribution in [3.63, 3.8) is 0 Å². The summed E-state index contributed by atoms with van der Waals surface area (Å²) >= 11 is 6.40. The molecule has 0 bridgehead atoms. The lowest BCUT2D eigenvalue weighted by Crippen LogP contribution is -2.26. The molecule has 1 atom stereocenters. The Kier molecular flexibility index (Phi) is 6.08. The number of pyridine rings is 1. The number of hydrogen-bond donors (Lipinski definition) is 1. The summed E-state index contributed by atoms with van der Waals surface area (Å²) in [7, 11) is 1.89. The van der Waals surface area contributed by atoms with E-state index < -0.39 is 0 Å². The van der Waals surface area contributed by atoms with E-state index in [0.29, 0.717) is 41.1 Å². The first-order valence-electron chi connectivity index (χ1n) is 12.7. The molecule has 1 amide bonds. The number of carbonyl (C=O) groups excluding carboxylic acids is 1. The fraction of sp³-hybridized carbons (Fsp3) is 0.200. The normalized spacial score (nSPS) is 15.4. The van der Waals surface area contributed by atoms with Gasteiger partial charge in [0.15, 0.2) is 0 Å². The Labute approximate surface area is 224 Å². The van der Waals surface area contributed by atoms with Gasteiger partial charge >= 0.3 is 0 Å². The fourth-order valence-electron chi connectivity index (χ4n) is 5.30. The number of aromatic amines is 1. The molecule has 0 radical (unpaired) electrons. The van der Waals surface area contributed by atoms with Gasteiger partial charge in [0.1, 0.15) is 0 Å². The van der Waals surface area contributed by atoms with Crippen LogP contribution >= 0.6 is 11.6 Å². The maximum absolute atomic E-state index is 13.6. The van der Waals surface area contributed by atoms with Crippen LogP contribution in [0.2, 0.25) is 5.02 Å². The van der Waals surface area contributed by atoms with E-state index in [0.717, 1.165) is 33.0 Å². The second-order valence-corrected chi connectivity index (χ2v) is 10.1. The minimum Gasteiger partial charge on any atom is -0.321 e. The van der Waals surface area contributed by atoms with Crippen molar-refractivity contribution >= 4 is 45.0 Å². The lowest BCUT2D eigenvalue weighted by molar-refractivity contribution is -0.133. The van der Waals surface area contributed by atoms with Crippen molar-refractivity contribution < 1.29 is 4.79 Å². The first kappa shape index (κ1) is 24.1. The van der Waals surface area contributed by atoms with Crippen LogP contribution in [0.25, 0.3) is 32.9 Å². The molecule has 190 valence electrons. The van der Waals surface area contributed by atoms with Gasteiger partial charge in [-0.3, -0.25) is 14.3 Å². The summed E-state index contributed by atoms with van der Waals surface area (Å²) < 4.78 is 1.77. The van der Waals surface area contributed by atoms with Gasteiger partial charge in [-0.2, -0.15) is 10.2 Å². The molecule has 3 heterocycles. The zero-order valence-corrected chi connectivity index (χ0v) is 21.9. The van der Waals surface area contributed by atoms with E-state index in [9.17, 15) is 9.59 Å². The molecule has 6 rings (SSSR count). The van der Waals surface area contributed by atoms with E-state index in [4.69, 9.17) is 16.7 Å². The van der Waals surface area contributed by atoms with Crippen molar-refractivity contribution in [3.05, 3.63) is 99.4 Å². The van der Waals surface area contributed by atoms with Crippen LogP contribution in [0.5, 0.6) is 0 Å². The molecule has 0 fully saturated rings. The number of benzene rings is 3. The predicted octanol–water partition coefficient (Wildman–Crippen LogP) is 6.21. The number of carbonyl (C=O) groups is 1. The number of amides is 1. The topological polar surface area (TPSA) is 83.3 Å². The number of aryl methyl sites for hydroxylation is 1. The number of nitrogens with zero attached hydrogens (tertiary/aromatic N) is 4. The van der Waals surface area contributed by atoms with Gasteiger partial charge in [-0.1, -0.05) is 54.9 Å². The lowest BCUT2D eigenvalue weighted by Gasteiger charge is -2.22. The van der Waals surface area contributed by atoms with Gasteiger partial charge in [0.25, 0.3) is 5.56 Å². The lowest BCUT2D eigenvalue weighted by atomic mass is 9.91. The van der Waals surface area contributed by atoms with Gasteiger partial charge < -0.3 is 4.98 Å². The number of fused-ring (bicyclic) bond motifs is 2. The first-order chi connectivity index (χ1) is 18.4. The molecule has 38 heavy (non-hydrogen) atoms. The highest BCUT2D eigenvalue weighted by atomic mass is 35.5. The molecule has 0 saturated heterocycles. The SMILES string of the molecule is CCCC(=O)N1N=C(c2c(-c3ccccc3)c3cc(Cl)ccc3[nH]c2=O)CC1c1ccc2nn(C)cc2c1. The zero-order chi connectivity index (χ0) is 26.4. The van der Waals surface area contributed by atoms with Crippen LogP contribution in [0.1, 0.15) is 43.4 Å². The Bertz CT molecular complexity index is 1790. The average molecular weight is 524 g/mol. The summed E-state index contributed by atoms with van der Waals surface area (Å²) in [6.07, 6.45) is 3.45. The Morgan fingerprint density at radius 3 is 2.68 bits per heavy atom. The van der Waals surface area contributed by atoms with Crippen molar-refractivity contribution in [2.75, 3.05) is 0 Å². The Balaban J connectivity index is 1.54. The highest BCUT2D eigenvalue weighted by Gasteiger charge is 2.35. The third-order valence-corrected chi connectivity index (χ3v) is 7.22. The van der Waals surface area contributed by atoms with Crippen LogP contribution in [0, 0.1) is 0 Å². The molecule has 2 aromatic heterocycles. The third-order valence-electron chi connectivity index (χ3n) is 6.98. The number of halogens is 1. The molecule has 3 aromatic carbocycles. The van der Waals surface area contributed by atoms with Crippen LogP contribution in [0.15, 0.2) is 82.8 Å². The third kappa shape index (κ3) is 4.19. The van der Waals surface area contributed by atoms with Crippen LogP contribution in [0.4, 0.5) is 0 Å². The monoisotopic (exact) mass is 523 g/mol. The van der Waals surface area contributed by atoms with Gasteiger partial charge in [0, 0.05) is 53.0 Å². The largest absolute Gasteiger partial charge is 0.321 e. The standard InChI is InChI=1S/C30H26ClN5O2/c1-3-7-27(37)36-26(19-10-12-23-20(14-19)17-35(2)33-23)16-25(34-36)29-28(18-8-5-4-6-9-18)22-15-21(31)11-13-24(22)32-30(29)38/h4-6,8-15,17,26H,3,7,16H2,1-2H3,(H,32,38). The maximum Gasteiger partial charge on any atom is 0.258 e. The minimum atomic E-state index is -0.327. The van der Waals surface area contributed by atoms with Gasteiger partial charge in [-0.05, 0) is 47.9 Å². The first-order valence-corrected chi connectivity index (χ1v) is 13.0. The van der Waals surface area contributed by atoms with Crippen LogP contribution in [0.3, 0.4) is 0 Å². The van der Waals surface area contributed by atoms with E-state index in [1.165, 1.54) is 0 Å². The van der Waals surface area contributed by atoms with Crippen LogP contribution in [-0.4, -0.2) is 31.4 Å². The summed E-state index contributed by atoms with van der Waals surface area (Å²) in [6, 6.07) is 20.9. The van der Waals surface area contributed by atoms with Crippen molar-refractivity contribution in [1.82, 2.24) is 19.8 Å². The minimum absolute atomic E-state index is 0.0692. The second-order valence-electron chi connectivity index (χ2n) is 9.64. The number of hydrogen-bond acceptors (Lipinski definition) is 4. The molecule has 5 aromatic rings. The van der Waals surface area contributed by atoms with Gasteiger partial charge in [0.2, 0.25) is 5.91 Å². The van der Waals surface area contributed by atoms with E-state index in [1.54, 1.807) is 15.8 Å². The molecule has 0 saturated carbocycles. The molecule has 0 spiro atoms. The quantitative estimate of drug-likeness (QED) is 0.297. The van der Waals surface area contributed by atoms with Crippen LogP contribution in [-0.2, 0) is 11.8 Å². The summed E-state index contributed by atoms with van der Waals surface area (Å²) in [4.78, 5) is 29.9. The number of nitrogens with one attached hydrogen (secondary N) is 1. The van der Waals surface area contributed by atoms with Crippen molar-refractivity contribution in [2.24, 2.45) is 12.1 Å². The smallest absolute Gasteiger partial charge is 0.258 e. The van der Waals surface area contributed by atoms with Gasteiger partial charge in [-0.15, -0.1) is 0 Å². The zero-order valence-electron chi connectivity index (χ0n) is 21.1. The Hall–Kier alpha value is -4.23. The van der Waals surface area contributed by atoms with Crippen LogP contribution < -0.4 is 5.56 Å². The fourth-order valence-corrected chi connectivity index (χ4v) is 5.47. The van der Waals surface area contributed by atoms with Crippen molar-refractivity contribution in [1.29, 1.82) is 0 Å². The number of H-pyrrole nitrogens is 1. The molecule has 7 nitrogen and oxygen atoms in total. The van der Waals surface area contributed by atoms with E-state index in [1.807, 2.05) is 74.8 Å². The molecular formula is C30H26ClN5O2. The van der Waals surface area contributed by atoms with Gasteiger partial charge in [-0.25, -0.2) is 5.01 Å². The molecule has 1 aliphatic rings. The number of rotatable bonds is 5. The molecular weight excluding hydrogens is 498 g/mol. The maximum atomic E-state index is 13.6. The summed E-state index contributed by atoms with van der Waals surface area (Å²) in [5.41, 5.74) is 4.97. The van der Waals surface area contributed by atoms with Crippen molar-refractivity contribution in [2.45, 2.75) is 32.2 Å². The Morgan fingerprint density at radius 2 is 1.89 bits per heavy atom. The average Bonchev–Trinajstić information content (AvgIpc) is 3.51. The van der Waals surface area contributed by atoms with E-state index >= 15 is 0 Å². The number of aromatic nitrogens is 3. The molecule has 0 aliphatic carbocycles. The highest BCUT2D eigenvalue weighted by molar-refractivity contribution is 6.31. The second kappa shape index (κ2) is 9.58. The van der Waals surface area contributed by atoms with Crippen molar-refractivity contribution in [3.8, 4) is 11.1 Å². The van der Waals surface area contributed by atoms with E-state index in [2.05, 4.69) is 16.1 Å². The Morgan fingerprint density at radius 1 is 1.08 bits per heavy atom. The predicted molar refractivity (Wildman–Crippen MR) is 151 cm³/mol. The molecule has 1 N–H and O–H groups in total. The molecule has 8 heteroatoms. The highest BCUT2D eigenvalue weighted by Crippen LogP contribution is 2.38.